The predicted octanol–water partition coefficient (Wildman–Crippen LogP) is 2.21. The molecule has 3 rings (SSSR count). The van der Waals surface area contributed by atoms with Crippen LogP contribution in [-0.2, 0) is 6.54 Å². The van der Waals surface area contributed by atoms with Crippen molar-refractivity contribution in [3.05, 3.63) is 47.2 Å². The highest BCUT2D eigenvalue weighted by molar-refractivity contribution is 5.43. The average Bonchev–Trinajstić information content (AvgIpc) is 2.64. The molecule has 6 heteroatoms. The van der Waals surface area contributed by atoms with Gasteiger partial charge in [-0.1, -0.05) is 29.8 Å². The van der Waals surface area contributed by atoms with Gasteiger partial charge >= 0.3 is 0 Å². The Hall–Kier alpha value is -2.18. The molecule has 2 N–H and O–H groups in total. The second-order valence-corrected chi connectivity index (χ2v) is 7.01. The molecule has 26 heavy (non-hydrogen) atoms. The quantitative estimate of drug-likeness (QED) is 0.828. The lowest BCUT2D eigenvalue weighted by Gasteiger charge is -2.41. The Morgan fingerprint density at radius 1 is 1.15 bits per heavy atom. The van der Waals surface area contributed by atoms with Crippen molar-refractivity contribution in [1.29, 1.82) is 0 Å². The molecule has 1 aromatic carbocycles. The number of hydrogen-bond acceptors (Lipinski definition) is 6. The van der Waals surface area contributed by atoms with E-state index in [-0.39, 0.29) is 12.6 Å². The van der Waals surface area contributed by atoms with Gasteiger partial charge in [0.05, 0.1) is 0 Å². The second kappa shape index (κ2) is 8.47. The van der Waals surface area contributed by atoms with Gasteiger partial charge in [-0.3, -0.25) is 4.90 Å². The molecule has 0 spiro atoms. The third-order valence-electron chi connectivity index (χ3n) is 4.95. The Kier molecular flexibility index (Phi) is 6.06. The van der Waals surface area contributed by atoms with Gasteiger partial charge in [-0.2, -0.15) is 4.98 Å². The summed E-state index contributed by atoms with van der Waals surface area (Å²) in [7, 11) is 1.87. The van der Waals surface area contributed by atoms with Crippen LogP contribution >= 0.6 is 0 Å². The van der Waals surface area contributed by atoms with Crippen LogP contribution in [0.2, 0.25) is 0 Å². The highest BCUT2D eigenvalue weighted by Gasteiger charge is 2.28. The van der Waals surface area contributed by atoms with Crippen LogP contribution in [0, 0.1) is 13.8 Å². The molecule has 1 fully saturated rings. The van der Waals surface area contributed by atoms with Gasteiger partial charge in [-0.05, 0) is 25.8 Å². The first kappa shape index (κ1) is 18.6. The summed E-state index contributed by atoms with van der Waals surface area (Å²) in [6.07, 6.45) is 0.757. The van der Waals surface area contributed by atoms with Crippen LogP contribution in [0.15, 0.2) is 30.3 Å². The van der Waals surface area contributed by atoms with E-state index in [9.17, 15) is 5.11 Å². The first-order valence-electron chi connectivity index (χ1n) is 9.28. The molecule has 1 aliphatic heterocycles. The van der Waals surface area contributed by atoms with Gasteiger partial charge in [0.1, 0.15) is 5.82 Å². The van der Waals surface area contributed by atoms with Gasteiger partial charge in [0, 0.05) is 57.6 Å². The SMILES string of the molecule is CNc1cc(C)nc(N2CCN(Cc3ccc(C)cc3)C(CCO)C2)n1. The third-order valence-corrected chi connectivity index (χ3v) is 4.95. The van der Waals surface area contributed by atoms with Crippen molar-refractivity contribution in [3.63, 3.8) is 0 Å². The van der Waals surface area contributed by atoms with E-state index >= 15 is 0 Å². The first-order valence-corrected chi connectivity index (χ1v) is 9.28. The van der Waals surface area contributed by atoms with Gasteiger partial charge in [-0.15, -0.1) is 0 Å². The van der Waals surface area contributed by atoms with Crippen LogP contribution < -0.4 is 10.2 Å². The van der Waals surface area contributed by atoms with Crippen molar-refractivity contribution in [3.8, 4) is 0 Å². The second-order valence-electron chi connectivity index (χ2n) is 7.01. The summed E-state index contributed by atoms with van der Waals surface area (Å²) < 4.78 is 0. The molecule has 0 bridgehead atoms. The molecule has 0 aliphatic carbocycles. The number of aliphatic hydroxyl groups excluding tert-OH is 1. The smallest absolute Gasteiger partial charge is 0.227 e. The summed E-state index contributed by atoms with van der Waals surface area (Å²) in [5, 5.41) is 12.6. The van der Waals surface area contributed by atoms with Gasteiger partial charge in [-0.25, -0.2) is 4.98 Å². The minimum absolute atomic E-state index is 0.194. The number of benzene rings is 1. The Morgan fingerprint density at radius 2 is 1.92 bits per heavy atom. The van der Waals surface area contributed by atoms with Crippen LogP contribution in [0.3, 0.4) is 0 Å². The van der Waals surface area contributed by atoms with Crippen molar-refractivity contribution < 1.29 is 5.11 Å². The standard InChI is InChI=1S/C20H29N5O/c1-15-4-6-17(7-5-15)13-24-9-10-25(14-18(24)8-11-26)20-22-16(2)12-19(21-3)23-20/h4-7,12,18,26H,8-11,13-14H2,1-3H3,(H,21,22,23). The molecule has 0 saturated carbocycles. The number of hydrogen-bond donors (Lipinski definition) is 2. The van der Waals surface area contributed by atoms with Crippen molar-refractivity contribution in [1.82, 2.24) is 14.9 Å². The fourth-order valence-corrected chi connectivity index (χ4v) is 3.46. The number of nitrogens with one attached hydrogen (secondary N) is 1. The molecular weight excluding hydrogens is 326 g/mol. The maximum Gasteiger partial charge on any atom is 0.227 e. The molecule has 1 atom stereocenters. The summed E-state index contributed by atoms with van der Waals surface area (Å²) in [6, 6.07) is 10.9. The molecular formula is C20H29N5O. The number of rotatable bonds is 6. The van der Waals surface area contributed by atoms with Gasteiger partial charge < -0.3 is 15.3 Å². The summed E-state index contributed by atoms with van der Waals surface area (Å²) in [4.78, 5) is 13.9. The van der Waals surface area contributed by atoms with Crippen molar-refractivity contribution in [2.75, 3.05) is 43.5 Å². The molecule has 1 aromatic heterocycles. The Balaban J connectivity index is 1.73. The summed E-state index contributed by atoms with van der Waals surface area (Å²) in [5.41, 5.74) is 3.55. The zero-order valence-electron chi connectivity index (χ0n) is 15.9. The lowest BCUT2D eigenvalue weighted by molar-refractivity contribution is 0.135. The molecule has 6 nitrogen and oxygen atoms in total. The number of anilines is 2. The minimum Gasteiger partial charge on any atom is -0.396 e. The fraction of sp³-hybridized carbons (Fsp3) is 0.500. The Bertz CT molecular complexity index is 719. The lowest BCUT2D eigenvalue weighted by atomic mass is 10.1. The highest BCUT2D eigenvalue weighted by atomic mass is 16.3. The van der Waals surface area contributed by atoms with Crippen LogP contribution in [0.4, 0.5) is 11.8 Å². The van der Waals surface area contributed by atoms with E-state index in [2.05, 4.69) is 56.3 Å². The monoisotopic (exact) mass is 355 g/mol. The van der Waals surface area contributed by atoms with Crippen LogP contribution in [-0.4, -0.2) is 59.3 Å². The van der Waals surface area contributed by atoms with E-state index in [0.717, 1.165) is 50.1 Å². The van der Waals surface area contributed by atoms with E-state index in [1.165, 1.54) is 11.1 Å². The van der Waals surface area contributed by atoms with E-state index < -0.39 is 0 Å². The highest BCUT2D eigenvalue weighted by Crippen LogP contribution is 2.21. The zero-order chi connectivity index (χ0) is 18.5. The van der Waals surface area contributed by atoms with E-state index in [0.29, 0.717) is 0 Å². The topological polar surface area (TPSA) is 64.5 Å². The Labute approximate surface area is 155 Å². The molecule has 1 aliphatic rings. The maximum absolute atomic E-state index is 9.54. The van der Waals surface area contributed by atoms with Crippen molar-refractivity contribution >= 4 is 11.8 Å². The van der Waals surface area contributed by atoms with Crippen molar-refractivity contribution in [2.24, 2.45) is 0 Å². The summed E-state index contributed by atoms with van der Waals surface area (Å²) in [5.74, 6) is 1.61. The number of piperazine rings is 1. The lowest BCUT2D eigenvalue weighted by Crippen LogP contribution is -2.53. The maximum atomic E-state index is 9.54. The molecule has 140 valence electrons. The first-order chi connectivity index (χ1) is 12.6. The molecule has 0 radical (unpaired) electrons. The Morgan fingerprint density at radius 3 is 2.62 bits per heavy atom. The molecule has 1 saturated heterocycles. The molecule has 1 unspecified atom stereocenters. The molecule has 2 heterocycles. The third kappa shape index (κ3) is 4.51. The molecule has 2 aromatic rings. The number of nitrogens with zero attached hydrogens (tertiary/aromatic N) is 4. The van der Waals surface area contributed by atoms with Gasteiger partial charge in [0.15, 0.2) is 0 Å². The fourth-order valence-electron chi connectivity index (χ4n) is 3.46. The van der Waals surface area contributed by atoms with E-state index in [1.54, 1.807) is 0 Å². The van der Waals surface area contributed by atoms with Crippen molar-refractivity contribution in [2.45, 2.75) is 32.9 Å². The number of aliphatic hydroxyl groups is 1. The minimum atomic E-state index is 0.194. The van der Waals surface area contributed by atoms with Crippen LogP contribution in [0.25, 0.3) is 0 Å². The largest absolute Gasteiger partial charge is 0.396 e. The van der Waals surface area contributed by atoms with Gasteiger partial charge in [0.2, 0.25) is 5.95 Å². The zero-order valence-corrected chi connectivity index (χ0v) is 15.9. The summed E-state index contributed by atoms with van der Waals surface area (Å²) >= 11 is 0. The normalized spacial score (nSPS) is 18.2. The number of aryl methyl sites for hydroxylation is 2. The molecule has 0 amide bonds. The van der Waals surface area contributed by atoms with E-state index in [4.69, 9.17) is 0 Å². The number of aromatic nitrogens is 2. The van der Waals surface area contributed by atoms with Crippen LogP contribution in [0.5, 0.6) is 0 Å². The van der Waals surface area contributed by atoms with E-state index in [1.807, 2.05) is 20.0 Å². The van der Waals surface area contributed by atoms with Crippen LogP contribution in [0.1, 0.15) is 23.2 Å². The summed E-state index contributed by atoms with van der Waals surface area (Å²) in [6.45, 7) is 7.86. The average molecular weight is 355 g/mol. The predicted molar refractivity (Wildman–Crippen MR) is 106 cm³/mol. The van der Waals surface area contributed by atoms with Gasteiger partial charge in [0.25, 0.3) is 0 Å².